The molecule has 0 unspecified atom stereocenters. The molecule has 0 saturated heterocycles. The Labute approximate surface area is 96.6 Å². The van der Waals surface area contributed by atoms with Gasteiger partial charge >= 0.3 is 0 Å². The molecule has 1 rings (SSSR count). The second-order valence-corrected chi connectivity index (χ2v) is 3.51. The standard InChI is InChI=1S/C12H19N3O/c1-3-6-15(7-8-16)12-9-11(10-13-2)4-5-14-12/h3-5,9,13,16H,1,6-8,10H2,2H3. The summed E-state index contributed by atoms with van der Waals surface area (Å²) in [6.45, 7) is 5.90. The highest BCUT2D eigenvalue weighted by molar-refractivity contribution is 5.41. The van der Waals surface area contributed by atoms with Crippen molar-refractivity contribution in [1.29, 1.82) is 0 Å². The molecule has 1 heterocycles. The van der Waals surface area contributed by atoms with E-state index < -0.39 is 0 Å². The first kappa shape index (κ1) is 12.7. The monoisotopic (exact) mass is 221 g/mol. The van der Waals surface area contributed by atoms with Gasteiger partial charge in [-0.3, -0.25) is 0 Å². The fourth-order valence-corrected chi connectivity index (χ4v) is 1.52. The van der Waals surface area contributed by atoms with Gasteiger partial charge in [0, 0.05) is 25.8 Å². The second-order valence-electron chi connectivity index (χ2n) is 3.51. The van der Waals surface area contributed by atoms with Crippen LogP contribution in [0.25, 0.3) is 0 Å². The lowest BCUT2D eigenvalue weighted by molar-refractivity contribution is 0.302. The van der Waals surface area contributed by atoms with E-state index in [4.69, 9.17) is 5.11 Å². The van der Waals surface area contributed by atoms with Crippen molar-refractivity contribution in [1.82, 2.24) is 10.3 Å². The lowest BCUT2D eigenvalue weighted by Gasteiger charge is -2.21. The van der Waals surface area contributed by atoms with E-state index in [1.165, 1.54) is 5.56 Å². The summed E-state index contributed by atoms with van der Waals surface area (Å²) >= 11 is 0. The molecule has 88 valence electrons. The maximum absolute atomic E-state index is 8.98. The molecule has 0 atom stereocenters. The van der Waals surface area contributed by atoms with Crippen molar-refractivity contribution in [3.63, 3.8) is 0 Å². The average molecular weight is 221 g/mol. The van der Waals surface area contributed by atoms with Gasteiger partial charge in [0.1, 0.15) is 5.82 Å². The summed E-state index contributed by atoms with van der Waals surface area (Å²) in [7, 11) is 1.91. The Bertz CT molecular complexity index is 328. The molecule has 0 spiro atoms. The molecule has 0 radical (unpaired) electrons. The van der Waals surface area contributed by atoms with Gasteiger partial charge in [-0.1, -0.05) is 6.08 Å². The minimum absolute atomic E-state index is 0.117. The van der Waals surface area contributed by atoms with Crippen LogP contribution in [0.5, 0.6) is 0 Å². The second kappa shape index (κ2) is 6.98. The van der Waals surface area contributed by atoms with Crippen LogP contribution < -0.4 is 10.2 Å². The Morgan fingerprint density at radius 2 is 2.44 bits per heavy atom. The van der Waals surface area contributed by atoms with E-state index in [0.29, 0.717) is 13.1 Å². The topological polar surface area (TPSA) is 48.4 Å². The van der Waals surface area contributed by atoms with E-state index in [0.717, 1.165) is 12.4 Å². The SMILES string of the molecule is C=CCN(CCO)c1cc(CNC)ccn1. The van der Waals surface area contributed by atoms with Gasteiger partial charge in [0.25, 0.3) is 0 Å². The van der Waals surface area contributed by atoms with Crippen LogP contribution in [0, 0.1) is 0 Å². The van der Waals surface area contributed by atoms with Crippen molar-refractivity contribution >= 4 is 5.82 Å². The molecule has 0 saturated carbocycles. The first-order valence-corrected chi connectivity index (χ1v) is 5.38. The Hall–Kier alpha value is -1.39. The van der Waals surface area contributed by atoms with Crippen LogP contribution in [0.15, 0.2) is 31.0 Å². The number of rotatable bonds is 7. The van der Waals surface area contributed by atoms with Crippen molar-refractivity contribution < 1.29 is 5.11 Å². The molecular formula is C12H19N3O. The molecule has 0 fully saturated rings. The Morgan fingerprint density at radius 3 is 3.06 bits per heavy atom. The average Bonchev–Trinajstić information content (AvgIpc) is 2.30. The van der Waals surface area contributed by atoms with E-state index >= 15 is 0 Å². The predicted octanol–water partition coefficient (Wildman–Crippen LogP) is 0.786. The van der Waals surface area contributed by atoms with E-state index in [-0.39, 0.29) is 6.61 Å². The van der Waals surface area contributed by atoms with Crippen LogP contribution in [0.1, 0.15) is 5.56 Å². The number of aliphatic hydroxyl groups excluding tert-OH is 1. The van der Waals surface area contributed by atoms with Crippen LogP contribution in [0.3, 0.4) is 0 Å². The first-order valence-electron chi connectivity index (χ1n) is 5.38. The van der Waals surface area contributed by atoms with Crippen molar-refractivity contribution in [2.75, 3.05) is 31.6 Å². The molecule has 2 N–H and O–H groups in total. The highest BCUT2D eigenvalue weighted by Gasteiger charge is 2.05. The smallest absolute Gasteiger partial charge is 0.129 e. The first-order chi connectivity index (χ1) is 7.81. The number of aliphatic hydroxyl groups is 1. The molecule has 16 heavy (non-hydrogen) atoms. The van der Waals surface area contributed by atoms with E-state index in [1.54, 1.807) is 6.20 Å². The molecule has 0 aliphatic rings. The summed E-state index contributed by atoms with van der Waals surface area (Å²) < 4.78 is 0. The van der Waals surface area contributed by atoms with E-state index in [9.17, 15) is 0 Å². The van der Waals surface area contributed by atoms with Crippen LogP contribution >= 0.6 is 0 Å². The molecule has 0 aromatic carbocycles. The molecule has 1 aromatic rings. The van der Waals surface area contributed by atoms with Gasteiger partial charge in [-0.2, -0.15) is 0 Å². The summed E-state index contributed by atoms with van der Waals surface area (Å²) in [5.74, 6) is 0.877. The summed E-state index contributed by atoms with van der Waals surface area (Å²) in [6, 6.07) is 4.00. The van der Waals surface area contributed by atoms with Crippen molar-refractivity contribution in [2.24, 2.45) is 0 Å². The van der Waals surface area contributed by atoms with Gasteiger partial charge in [-0.25, -0.2) is 4.98 Å². The number of anilines is 1. The molecule has 0 bridgehead atoms. The minimum Gasteiger partial charge on any atom is -0.395 e. The quantitative estimate of drug-likeness (QED) is 0.668. The number of pyridine rings is 1. The Morgan fingerprint density at radius 1 is 1.62 bits per heavy atom. The largest absolute Gasteiger partial charge is 0.395 e. The summed E-state index contributed by atoms with van der Waals surface area (Å²) in [5, 5.41) is 12.1. The van der Waals surface area contributed by atoms with Crippen LogP contribution in [0.4, 0.5) is 5.82 Å². The van der Waals surface area contributed by atoms with E-state index in [1.807, 2.05) is 30.2 Å². The summed E-state index contributed by atoms with van der Waals surface area (Å²) in [4.78, 5) is 6.29. The molecule has 4 nitrogen and oxygen atoms in total. The molecule has 0 aliphatic heterocycles. The third-order valence-corrected chi connectivity index (χ3v) is 2.23. The van der Waals surface area contributed by atoms with Gasteiger partial charge in [-0.15, -0.1) is 6.58 Å². The fraction of sp³-hybridized carbons (Fsp3) is 0.417. The maximum atomic E-state index is 8.98. The predicted molar refractivity (Wildman–Crippen MR) is 66.5 cm³/mol. The summed E-state index contributed by atoms with van der Waals surface area (Å²) in [6.07, 6.45) is 3.59. The van der Waals surface area contributed by atoms with Crippen LogP contribution in [0.2, 0.25) is 0 Å². The zero-order chi connectivity index (χ0) is 11.8. The van der Waals surface area contributed by atoms with E-state index in [2.05, 4.69) is 16.9 Å². The molecule has 0 amide bonds. The lowest BCUT2D eigenvalue weighted by atomic mass is 10.2. The molecule has 4 heteroatoms. The third kappa shape index (κ3) is 3.64. The van der Waals surface area contributed by atoms with Gasteiger partial charge in [-0.05, 0) is 24.7 Å². The van der Waals surface area contributed by atoms with Crippen molar-refractivity contribution in [3.8, 4) is 0 Å². The number of hydrogen-bond donors (Lipinski definition) is 2. The van der Waals surface area contributed by atoms with Gasteiger partial charge in [0.2, 0.25) is 0 Å². The zero-order valence-electron chi connectivity index (χ0n) is 9.69. The van der Waals surface area contributed by atoms with Gasteiger partial charge in [0.15, 0.2) is 0 Å². The molecule has 1 aromatic heterocycles. The lowest BCUT2D eigenvalue weighted by Crippen LogP contribution is -2.27. The zero-order valence-corrected chi connectivity index (χ0v) is 9.69. The van der Waals surface area contributed by atoms with Gasteiger partial charge < -0.3 is 15.3 Å². The molecule has 0 aliphatic carbocycles. The highest BCUT2D eigenvalue weighted by Crippen LogP contribution is 2.12. The van der Waals surface area contributed by atoms with Crippen molar-refractivity contribution in [2.45, 2.75) is 6.54 Å². The van der Waals surface area contributed by atoms with Crippen LogP contribution in [-0.2, 0) is 6.54 Å². The Balaban J connectivity index is 2.81. The fourth-order valence-electron chi connectivity index (χ4n) is 1.52. The highest BCUT2D eigenvalue weighted by atomic mass is 16.3. The third-order valence-electron chi connectivity index (χ3n) is 2.23. The number of nitrogens with zero attached hydrogens (tertiary/aromatic N) is 2. The molecular weight excluding hydrogens is 202 g/mol. The minimum atomic E-state index is 0.117. The summed E-state index contributed by atoms with van der Waals surface area (Å²) in [5.41, 5.74) is 1.18. The van der Waals surface area contributed by atoms with Crippen LogP contribution in [-0.4, -0.2) is 36.8 Å². The normalized spacial score (nSPS) is 10.1. The maximum Gasteiger partial charge on any atom is 0.129 e. The van der Waals surface area contributed by atoms with Gasteiger partial charge in [0.05, 0.1) is 6.61 Å². The number of hydrogen-bond acceptors (Lipinski definition) is 4. The van der Waals surface area contributed by atoms with Crippen molar-refractivity contribution in [3.05, 3.63) is 36.5 Å². The Kier molecular flexibility index (Phi) is 5.53. The number of nitrogens with one attached hydrogen (secondary N) is 1. The number of aromatic nitrogens is 1.